The fourth-order valence-electron chi connectivity index (χ4n) is 2.84. The molecule has 7 nitrogen and oxygen atoms in total. The SMILES string of the molecule is CCOc1cc(/C=N/NC(=O)C(=O)Nc2cc(Cl)ccc2Cl)cc(Br)c1OCc1cccc(Cl)c1. The van der Waals surface area contributed by atoms with Crippen LogP contribution < -0.4 is 20.2 Å². The van der Waals surface area contributed by atoms with Crippen molar-refractivity contribution in [2.24, 2.45) is 5.10 Å². The molecular weight excluding hydrogens is 581 g/mol. The number of carbonyl (C=O) groups excluding carboxylic acids is 2. The minimum absolute atomic E-state index is 0.210. The third kappa shape index (κ3) is 7.86. The Morgan fingerprint density at radius 1 is 1.00 bits per heavy atom. The number of nitrogens with one attached hydrogen (secondary N) is 2. The summed E-state index contributed by atoms with van der Waals surface area (Å²) in [6.45, 7) is 2.54. The lowest BCUT2D eigenvalue weighted by atomic mass is 10.2. The second-order valence-electron chi connectivity index (χ2n) is 6.96. The van der Waals surface area contributed by atoms with E-state index in [0.29, 0.717) is 38.2 Å². The minimum Gasteiger partial charge on any atom is -0.490 e. The fourth-order valence-corrected chi connectivity index (χ4v) is 3.96. The van der Waals surface area contributed by atoms with Gasteiger partial charge in [-0.05, 0) is 76.4 Å². The number of benzene rings is 3. The molecule has 0 spiro atoms. The van der Waals surface area contributed by atoms with E-state index in [4.69, 9.17) is 44.3 Å². The van der Waals surface area contributed by atoms with E-state index in [-0.39, 0.29) is 17.3 Å². The van der Waals surface area contributed by atoms with Crippen LogP contribution in [0.5, 0.6) is 11.5 Å². The molecule has 0 aliphatic carbocycles. The van der Waals surface area contributed by atoms with Crippen molar-refractivity contribution in [2.45, 2.75) is 13.5 Å². The Morgan fingerprint density at radius 2 is 1.77 bits per heavy atom. The number of rotatable bonds is 8. The molecule has 0 saturated carbocycles. The van der Waals surface area contributed by atoms with Crippen LogP contribution in [0.3, 0.4) is 0 Å². The number of nitrogens with zero attached hydrogens (tertiary/aromatic N) is 1. The molecular formula is C24H19BrCl3N3O4. The van der Waals surface area contributed by atoms with E-state index >= 15 is 0 Å². The molecule has 0 atom stereocenters. The average Bonchev–Trinajstić information content (AvgIpc) is 2.81. The lowest BCUT2D eigenvalue weighted by Gasteiger charge is -2.15. The summed E-state index contributed by atoms with van der Waals surface area (Å²) < 4.78 is 12.3. The van der Waals surface area contributed by atoms with Crippen LogP contribution in [-0.2, 0) is 16.2 Å². The Morgan fingerprint density at radius 3 is 2.51 bits per heavy atom. The Balaban J connectivity index is 1.66. The van der Waals surface area contributed by atoms with Crippen LogP contribution in [0.25, 0.3) is 0 Å². The maximum Gasteiger partial charge on any atom is 0.329 e. The first-order chi connectivity index (χ1) is 16.8. The van der Waals surface area contributed by atoms with E-state index < -0.39 is 11.8 Å². The van der Waals surface area contributed by atoms with Gasteiger partial charge in [0, 0.05) is 10.0 Å². The summed E-state index contributed by atoms with van der Waals surface area (Å²) in [6.07, 6.45) is 1.37. The van der Waals surface area contributed by atoms with Gasteiger partial charge in [0.15, 0.2) is 11.5 Å². The largest absolute Gasteiger partial charge is 0.490 e. The molecule has 0 aliphatic heterocycles. The van der Waals surface area contributed by atoms with Gasteiger partial charge in [-0.15, -0.1) is 0 Å². The molecule has 2 N–H and O–H groups in total. The van der Waals surface area contributed by atoms with Gasteiger partial charge in [0.1, 0.15) is 6.61 Å². The number of anilines is 1. The van der Waals surface area contributed by atoms with Crippen LogP contribution >= 0.6 is 50.7 Å². The van der Waals surface area contributed by atoms with Crippen LogP contribution in [0.2, 0.25) is 15.1 Å². The molecule has 0 aromatic heterocycles. The van der Waals surface area contributed by atoms with Gasteiger partial charge in [-0.2, -0.15) is 5.10 Å². The predicted octanol–water partition coefficient (Wildman–Crippen LogP) is 6.48. The van der Waals surface area contributed by atoms with E-state index in [2.05, 4.69) is 31.8 Å². The predicted molar refractivity (Wildman–Crippen MR) is 142 cm³/mol. The highest BCUT2D eigenvalue weighted by Crippen LogP contribution is 2.37. The lowest BCUT2D eigenvalue weighted by molar-refractivity contribution is -0.136. The van der Waals surface area contributed by atoms with E-state index in [9.17, 15) is 9.59 Å². The summed E-state index contributed by atoms with van der Waals surface area (Å²) in [5.41, 5.74) is 3.87. The molecule has 0 bridgehead atoms. The molecule has 3 rings (SSSR count). The van der Waals surface area contributed by atoms with E-state index in [0.717, 1.165) is 5.56 Å². The van der Waals surface area contributed by atoms with Gasteiger partial charge in [0.25, 0.3) is 0 Å². The molecule has 0 unspecified atom stereocenters. The number of ether oxygens (including phenoxy) is 2. The van der Waals surface area contributed by atoms with E-state index in [1.165, 1.54) is 18.3 Å². The van der Waals surface area contributed by atoms with Crippen LogP contribution in [0.1, 0.15) is 18.1 Å². The molecule has 35 heavy (non-hydrogen) atoms. The third-order valence-electron chi connectivity index (χ3n) is 4.37. The monoisotopic (exact) mass is 597 g/mol. The summed E-state index contributed by atoms with van der Waals surface area (Å²) >= 11 is 21.4. The van der Waals surface area contributed by atoms with Crippen LogP contribution in [0, 0.1) is 0 Å². The maximum absolute atomic E-state index is 12.1. The zero-order chi connectivity index (χ0) is 25.4. The number of halogens is 4. The molecule has 0 heterocycles. The molecule has 3 aromatic carbocycles. The summed E-state index contributed by atoms with van der Waals surface area (Å²) in [4.78, 5) is 24.2. The first kappa shape index (κ1) is 26.8. The lowest BCUT2D eigenvalue weighted by Crippen LogP contribution is -2.32. The number of hydrogen-bond acceptors (Lipinski definition) is 5. The molecule has 0 aliphatic rings. The van der Waals surface area contributed by atoms with Crippen molar-refractivity contribution in [3.05, 3.63) is 85.3 Å². The topological polar surface area (TPSA) is 89.0 Å². The minimum atomic E-state index is -0.983. The number of hydrazone groups is 1. The summed E-state index contributed by atoms with van der Waals surface area (Å²) in [5.74, 6) is -0.953. The number of hydrogen-bond donors (Lipinski definition) is 2. The molecule has 0 saturated heterocycles. The van der Waals surface area contributed by atoms with Gasteiger partial charge in [0.05, 0.1) is 28.0 Å². The average molecular weight is 600 g/mol. The van der Waals surface area contributed by atoms with Gasteiger partial charge < -0.3 is 14.8 Å². The Bertz CT molecular complexity index is 1270. The van der Waals surface area contributed by atoms with Crippen LogP contribution in [-0.4, -0.2) is 24.6 Å². The normalized spacial score (nSPS) is 10.8. The molecule has 0 fully saturated rings. The van der Waals surface area contributed by atoms with Gasteiger partial charge in [-0.1, -0.05) is 46.9 Å². The molecule has 0 radical (unpaired) electrons. The smallest absolute Gasteiger partial charge is 0.329 e. The van der Waals surface area contributed by atoms with Gasteiger partial charge in [0.2, 0.25) is 0 Å². The van der Waals surface area contributed by atoms with Crippen molar-refractivity contribution in [3.8, 4) is 11.5 Å². The van der Waals surface area contributed by atoms with E-state index in [1.54, 1.807) is 24.3 Å². The summed E-state index contributed by atoms with van der Waals surface area (Å²) in [6, 6.07) is 15.3. The fraction of sp³-hybridized carbons (Fsp3) is 0.125. The molecule has 182 valence electrons. The quantitative estimate of drug-likeness (QED) is 0.176. The van der Waals surface area contributed by atoms with Gasteiger partial charge in [-0.25, -0.2) is 5.43 Å². The summed E-state index contributed by atoms with van der Waals surface area (Å²) in [5, 5.41) is 7.44. The van der Waals surface area contributed by atoms with Crippen molar-refractivity contribution in [1.29, 1.82) is 0 Å². The Kier molecular flexibility index (Phi) is 9.80. The maximum atomic E-state index is 12.1. The van der Waals surface area contributed by atoms with Crippen molar-refractivity contribution in [1.82, 2.24) is 5.43 Å². The highest BCUT2D eigenvalue weighted by molar-refractivity contribution is 9.10. The first-order valence-electron chi connectivity index (χ1n) is 10.2. The Labute approximate surface area is 225 Å². The highest BCUT2D eigenvalue weighted by atomic mass is 79.9. The standard InChI is InChI=1S/C24H19BrCl3N3O4/c1-2-34-21-10-15(9-18(25)22(21)35-13-14-4-3-5-16(26)8-14)12-29-31-24(33)23(32)30-20-11-17(27)6-7-19(20)28/h3-12H,2,13H2,1H3,(H,30,32)(H,31,33)/b29-12+. The third-order valence-corrected chi connectivity index (χ3v) is 5.76. The van der Waals surface area contributed by atoms with Crippen molar-refractivity contribution in [3.63, 3.8) is 0 Å². The van der Waals surface area contributed by atoms with Crippen molar-refractivity contribution >= 4 is 74.4 Å². The molecule has 11 heteroatoms. The van der Waals surface area contributed by atoms with E-state index in [1.807, 2.05) is 25.1 Å². The zero-order valence-electron chi connectivity index (χ0n) is 18.3. The number of amides is 2. The van der Waals surface area contributed by atoms with Crippen molar-refractivity contribution in [2.75, 3.05) is 11.9 Å². The van der Waals surface area contributed by atoms with Crippen LogP contribution in [0.15, 0.2) is 64.2 Å². The van der Waals surface area contributed by atoms with Crippen molar-refractivity contribution < 1.29 is 19.1 Å². The highest BCUT2D eigenvalue weighted by Gasteiger charge is 2.16. The molecule has 3 aromatic rings. The molecule has 2 amide bonds. The second kappa shape index (κ2) is 12.8. The van der Waals surface area contributed by atoms with Crippen LogP contribution in [0.4, 0.5) is 5.69 Å². The number of carbonyl (C=O) groups is 2. The van der Waals surface area contributed by atoms with Gasteiger partial charge >= 0.3 is 11.8 Å². The summed E-state index contributed by atoms with van der Waals surface area (Å²) in [7, 11) is 0. The van der Waals surface area contributed by atoms with Gasteiger partial charge in [-0.3, -0.25) is 9.59 Å². The second-order valence-corrected chi connectivity index (χ2v) is 9.09. The first-order valence-corrected chi connectivity index (χ1v) is 12.1. The Hall–Kier alpha value is -2.78. The zero-order valence-corrected chi connectivity index (χ0v) is 22.1.